The predicted octanol–water partition coefficient (Wildman–Crippen LogP) is 3.62. The minimum atomic E-state index is -0.440. The minimum absolute atomic E-state index is 0.0824. The Kier molecular flexibility index (Phi) is 5.69. The van der Waals surface area contributed by atoms with Crippen LogP contribution in [0.2, 0.25) is 0 Å². The molecule has 20 heavy (non-hydrogen) atoms. The molecule has 0 spiro atoms. The van der Waals surface area contributed by atoms with Crippen molar-refractivity contribution in [1.82, 2.24) is 0 Å². The summed E-state index contributed by atoms with van der Waals surface area (Å²) in [6.07, 6.45) is 0. The van der Waals surface area contributed by atoms with Crippen LogP contribution in [0.3, 0.4) is 0 Å². The molecule has 1 unspecified atom stereocenters. The van der Waals surface area contributed by atoms with Crippen LogP contribution in [-0.2, 0) is 4.79 Å². The van der Waals surface area contributed by atoms with Crippen molar-refractivity contribution in [2.24, 2.45) is 17.6 Å². The zero-order valence-electron chi connectivity index (χ0n) is 12.9. The molecule has 0 saturated heterocycles. The molecule has 3 N–H and O–H groups in total. The first kappa shape index (κ1) is 16.6. The highest BCUT2D eigenvalue weighted by molar-refractivity contribution is 7.80. The summed E-state index contributed by atoms with van der Waals surface area (Å²) in [5.41, 5.74) is 8.76. The van der Waals surface area contributed by atoms with E-state index in [1.165, 1.54) is 0 Å². The zero-order chi connectivity index (χ0) is 15.4. The van der Waals surface area contributed by atoms with Crippen LogP contribution in [0, 0.1) is 18.8 Å². The highest BCUT2D eigenvalue weighted by Crippen LogP contribution is 2.28. The van der Waals surface area contributed by atoms with Crippen LogP contribution in [0.4, 0.5) is 5.69 Å². The van der Waals surface area contributed by atoms with Gasteiger partial charge in [0.05, 0.1) is 10.9 Å². The van der Waals surface area contributed by atoms with Crippen molar-refractivity contribution in [1.29, 1.82) is 0 Å². The van der Waals surface area contributed by atoms with E-state index in [1.54, 1.807) is 0 Å². The van der Waals surface area contributed by atoms with Crippen LogP contribution >= 0.6 is 12.2 Å². The molecule has 0 radical (unpaired) electrons. The predicted molar refractivity (Wildman–Crippen MR) is 89.0 cm³/mol. The molecule has 0 aliphatic carbocycles. The van der Waals surface area contributed by atoms with Crippen LogP contribution in [0.15, 0.2) is 18.2 Å². The van der Waals surface area contributed by atoms with Crippen molar-refractivity contribution < 1.29 is 4.79 Å². The summed E-state index contributed by atoms with van der Waals surface area (Å²) >= 11 is 5.02. The first-order valence-electron chi connectivity index (χ1n) is 6.95. The Labute approximate surface area is 126 Å². The van der Waals surface area contributed by atoms with Gasteiger partial charge in [0.25, 0.3) is 0 Å². The van der Waals surface area contributed by atoms with E-state index in [9.17, 15) is 4.79 Å². The molecule has 1 aromatic rings. The summed E-state index contributed by atoms with van der Waals surface area (Å²) in [4.78, 5) is 12.7. The molecular formula is C16H24N2OS. The molecule has 0 saturated carbocycles. The van der Waals surface area contributed by atoms with E-state index in [0.29, 0.717) is 5.92 Å². The lowest BCUT2D eigenvalue weighted by Crippen LogP contribution is -2.37. The number of amides is 1. The molecule has 3 nitrogen and oxygen atoms in total. The highest BCUT2D eigenvalue weighted by atomic mass is 32.1. The third-order valence-electron chi connectivity index (χ3n) is 3.43. The fraction of sp³-hybridized carbons (Fsp3) is 0.500. The maximum Gasteiger partial charge on any atom is 0.234 e. The van der Waals surface area contributed by atoms with Gasteiger partial charge in [-0.05, 0) is 29.9 Å². The van der Waals surface area contributed by atoms with Crippen LogP contribution in [0.5, 0.6) is 0 Å². The molecule has 110 valence electrons. The summed E-state index contributed by atoms with van der Waals surface area (Å²) < 4.78 is 0. The highest BCUT2D eigenvalue weighted by Gasteiger charge is 2.26. The first-order valence-corrected chi connectivity index (χ1v) is 7.36. The number of nitrogens with one attached hydrogen (secondary N) is 1. The summed E-state index contributed by atoms with van der Waals surface area (Å²) in [5.74, 6) is -0.139. The second-order valence-electron chi connectivity index (χ2n) is 5.81. The number of carbonyl (C=O) groups excluding carboxylic acids is 1. The van der Waals surface area contributed by atoms with Crippen molar-refractivity contribution in [3.8, 4) is 0 Å². The molecule has 0 aliphatic rings. The lowest BCUT2D eigenvalue weighted by atomic mass is 9.93. The second kappa shape index (κ2) is 6.84. The Hall–Kier alpha value is -1.42. The molecule has 1 atom stereocenters. The van der Waals surface area contributed by atoms with Gasteiger partial charge in [0, 0.05) is 5.69 Å². The molecule has 1 aromatic carbocycles. The van der Waals surface area contributed by atoms with E-state index < -0.39 is 5.92 Å². The molecule has 0 heterocycles. The van der Waals surface area contributed by atoms with E-state index in [-0.39, 0.29) is 16.8 Å². The van der Waals surface area contributed by atoms with Gasteiger partial charge in [-0.15, -0.1) is 0 Å². The van der Waals surface area contributed by atoms with Gasteiger partial charge in [0.1, 0.15) is 0 Å². The standard InChI is InChI=1S/C16H24N2OS/c1-9(2)12-8-6-7-11(5)14(12)18-16(19)13(10(3)4)15(17)20/h6-10,13H,1-5H3,(H2,17,20)(H,18,19). The fourth-order valence-electron chi connectivity index (χ4n) is 2.30. The van der Waals surface area contributed by atoms with Gasteiger partial charge in [-0.25, -0.2) is 0 Å². The van der Waals surface area contributed by atoms with Gasteiger partial charge >= 0.3 is 0 Å². The molecule has 0 bridgehead atoms. The van der Waals surface area contributed by atoms with Crippen molar-refractivity contribution in [3.05, 3.63) is 29.3 Å². The lowest BCUT2D eigenvalue weighted by Gasteiger charge is -2.22. The minimum Gasteiger partial charge on any atom is -0.393 e. The number of aryl methyl sites for hydroxylation is 1. The van der Waals surface area contributed by atoms with Crippen molar-refractivity contribution in [2.75, 3.05) is 5.32 Å². The fourth-order valence-corrected chi connectivity index (χ4v) is 2.68. The maximum absolute atomic E-state index is 12.4. The van der Waals surface area contributed by atoms with Gasteiger partial charge < -0.3 is 11.1 Å². The number of thiocarbonyl (C=S) groups is 1. The van der Waals surface area contributed by atoms with Gasteiger partial charge in [-0.2, -0.15) is 0 Å². The second-order valence-corrected chi connectivity index (χ2v) is 6.28. The monoisotopic (exact) mass is 292 g/mol. The third-order valence-corrected chi connectivity index (χ3v) is 3.68. The molecule has 0 aromatic heterocycles. The average molecular weight is 292 g/mol. The quantitative estimate of drug-likeness (QED) is 0.815. The van der Waals surface area contributed by atoms with Crippen molar-refractivity contribution >= 4 is 28.8 Å². The third kappa shape index (κ3) is 3.79. The molecule has 1 amide bonds. The number of hydrogen-bond donors (Lipinski definition) is 2. The summed E-state index contributed by atoms with van der Waals surface area (Å²) in [5, 5.41) is 3.02. The maximum atomic E-state index is 12.4. The van der Waals surface area contributed by atoms with E-state index in [4.69, 9.17) is 18.0 Å². The molecule has 0 aliphatic heterocycles. The molecule has 0 fully saturated rings. The number of nitrogens with two attached hydrogens (primary N) is 1. The Morgan fingerprint density at radius 2 is 1.85 bits per heavy atom. The molecule has 4 heteroatoms. The smallest absolute Gasteiger partial charge is 0.234 e. The van der Waals surface area contributed by atoms with Crippen LogP contribution in [-0.4, -0.2) is 10.9 Å². The number of para-hydroxylation sites is 1. The number of rotatable bonds is 5. The largest absolute Gasteiger partial charge is 0.393 e. The SMILES string of the molecule is Cc1cccc(C(C)C)c1NC(=O)C(C(N)=S)C(C)C. The summed E-state index contributed by atoms with van der Waals surface area (Å²) in [7, 11) is 0. The van der Waals surface area contributed by atoms with Crippen LogP contribution in [0.1, 0.15) is 44.7 Å². The molecule has 1 rings (SSSR count). The van der Waals surface area contributed by atoms with Crippen molar-refractivity contribution in [2.45, 2.75) is 40.5 Å². The average Bonchev–Trinajstić information content (AvgIpc) is 2.30. The Morgan fingerprint density at radius 3 is 2.30 bits per heavy atom. The Balaban J connectivity index is 3.10. The van der Waals surface area contributed by atoms with E-state index >= 15 is 0 Å². The Morgan fingerprint density at radius 1 is 1.25 bits per heavy atom. The number of carbonyl (C=O) groups is 1. The van der Waals surface area contributed by atoms with Gasteiger partial charge in [0.15, 0.2) is 0 Å². The Bertz CT molecular complexity index is 509. The van der Waals surface area contributed by atoms with E-state index in [1.807, 2.05) is 39.0 Å². The van der Waals surface area contributed by atoms with Gasteiger partial charge in [-0.3, -0.25) is 4.79 Å². The summed E-state index contributed by atoms with van der Waals surface area (Å²) in [6.45, 7) is 10.1. The number of anilines is 1. The number of hydrogen-bond acceptors (Lipinski definition) is 2. The summed E-state index contributed by atoms with van der Waals surface area (Å²) in [6, 6.07) is 6.04. The van der Waals surface area contributed by atoms with Gasteiger partial charge in [-0.1, -0.05) is 58.1 Å². The number of benzene rings is 1. The van der Waals surface area contributed by atoms with E-state index in [0.717, 1.165) is 16.8 Å². The first-order chi connectivity index (χ1) is 9.25. The molecular weight excluding hydrogens is 268 g/mol. The topological polar surface area (TPSA) is 55.1 Å². The van der Waals surface area contributed by atoms with Crippen molar-refractivity contribution in [3.63, 3.8) is 0 Å². The van der Waals surface area contributed by atoms with Gasteiger partial charge in [0.2, 0.25) is 5.91 Å². The lowest BCUT2D eigenvalue weighted by molar-refractivity contribution is -0.118. The normalized spacial score (nSPS) is 12.6. The van der Waals surface area contributed by atoms with Crippen LogP contribution < -0.4 is 11.1 Å². The zero-order valence-corrected chi connectivity index (χ0v) is 13.7. The van der Waals surface area contributed by atoms with Crippen LogP contribution in [0.25, 0.3) is 0 Å². The van der Waals surface area contributed by atoms with E-state index in [2.05, 4.69) is 19.2 Å².